The third-order valence-corrected chi connectivity index (χ3v) is 6.45. The van der Waals surface area contributed by atoms with Gasteiger partial charge in [0.05, 0.1) is 11.3 Å². The molecule has 0 radical (unpaired) electrons. The number of carbonyl (C=O) groups is 1. The van der Waals surface area contributed by atoms with Crippen LogP contribution in [0.3, 0.4) is 0 Å². The first-order valence-corrected chi connectivity index (χ1v) is 9.04. The van der Waals surface area contributed by atoms with Crippen molar-refractivity contribution in [2.24, 2.45) is 0 Å². The van der Waals surface area contributed by atoms with Gasteiger partial charge in [-0.25, -0.2) is 13.2 Å². The third-order valence-electron chi connectivity index (χ3n) is 2.58. The van der Waals surface area contributed by atoms with Gasteiger partial charge >= 0.3 is 5.97 Å². The van der Waals surface area contributed by atoms with Crippen molar-refractivity contribution in [2.75, 3.05) is 4.72 Å². The van der Waals surface area contributed by atoms with Crippen LogP contribution in [0.2, 0.25) is 5.02 Å². The smallest absolute Gasteiger partial charge is 0.336 e. The fraction of sp³-hybridized carbons (Fsp3) is 0.0833. The molecule has 2 aromatic rings. The summed E-state index contributed by atoms with van der Waals surface area (Å²) in [6.07, 6.45) is 0. The van der Waals surface area contributed by atoms with Crippen molar-refractivity contribution in [1.29, 1.82) is 0 Å². The van der Waals surface area contributed by atoms with E-state index in [1.807, 2.05) is 0 Å². The van der Waals surface area contributed by atoms with Crippen LogP contribution in [0.5, 0.6) is 0 Å². The van der Waals surface area contributed by atoms with Crippen molar-refractivity contribution in [3.63, 3.8) is 0 Å². The van der Waals surface area contributed by atoms with E-state index in [-0.39, 0.29) is 15.5 Å². The van der Waals surface area contributed by atoms with Gasteiger partial charge in [-0.1, -0.05) is 11.6 Å². The maximum absolute atomic E-state index is 12.2. The van der Waals surface area contributed by atoms with E-state index in [9.17, 15) is 13.2 Å². The van der Waals surface area contributed by atoms with Gasteiger partial charge in [-0.2, -0.15) is 0 Å². The van der Waals surface area contributed by atoms with Crippen LogP contribution in [0.15, 0.2) is 32.3 Å². The molecular weight excluding hydrogens is 402 g/mol. The molecule has 0 aliphatic carbocycles. The van der Waals surface area contributed by atoms with E-state index in [2.05, 4.69) is 20.7 Å². The summed E-state index contributed by atoms with van der Waals surface area (Å²) in [6.45, 7) is 1.80. The van der Waals surface area contributed by atoms with E-state index >= 15 is 0 Å². The molecule has 1 aromatic heterocycles. The number of halogens is 2. The summed E-state index contributed by atoms with van der Waals surface area (Å²) >= 11 is 10.1. The molecule has 1 aromatic carbocycles. The van der Waals surface area contributed by atoms with Crippen LogP contribution in [0.1, 0.15) is 15.9 Å². The molecule has 0 atom stereocenters. The number of carboxylic acid groups (broad SMARTS) is 1. The number of benzene rings is 1. The minimum Gasteiger partial charge on any atom is -0.478 e. The molecule has 0 unspecified atom stereocenters. The fourth-order valence-corrected chi connectivity index (χ4v) is 4.57. The Balaban J connectivity index is 2.37. The van der Waals surface area contributed by atoms with Crippen LogP contribution in [0.25, 0.3) is 0 Å². The van der Waals surface area contributed by atoms with E-state index < -0.39 is 16.0 Å². The Morgan fingerprint density at radius 2 is 2.05 bits per heavy atom. The number of sulfonamides is 1. The van der Waals surface area contributed by atoms with Crippen molar-refractivity contribution in [2.45, 2.75) is 11.1 Å². The lowest BCUT2D eigenvalue weighted by atomic mass is 10.2. The Hall–Kier alpha value is -1.09. The molecule has 112 valence electrons. The summed E-state index contributed by atoms with van der Waals surface area (Å²) in [5.74, 6) is -1.17. The normalized spacial score (nSPS) is 11.4. The number of hydrogen-bond donors (Lipinski definition) is 2. The van der Waals surface area contributed by atoms with Gasteiger partial charge in [0, 0.05) is 14.9 Å². The fourth-order valence-electron chi connectivity index (χ4n) is 1.49. The van der Waals surface area contributed by atoms with E-state index in [1.165, 1.54) is 11.4 Å². The van der Waals surface area contributed by atoms with Crippen molar-refractivity contribution < 1.29 is 18.3 Å². The number of carboxylic acids is 1. The number of rotatable bonds is 4. The van der Waals surface area contributed by atoms with Crippen molar-refractivity contribution in [3.05, 3.63) is 44.2 Å². The summed E-state index contributed by atoms with van der Waals surface area (Å²) in [4.78, 5) is 10.8. The maximum atomic E-state index is 12.2. The van der Waals surface area contributed by atoms with Gasteiger partial charge in [0.25, 0.3) is 10.0 Å². The molecule has 2 rings (SSSR count). The van der Waals surface area contributed by atoms with Gasteiger partial charge in [0.1, 0.15) is 4.21 Å². The third kappa shape index (κ3) is 3.57. The van der Waals surface area contributed by atoms with E-state index in [4.69, 9.17) is 16.7 Å². The molecule has 0 spiro atoms. The van der Waals surface area contributed by atoms with Crippen molar-refractivity contribution >= 4 is 60.5 Å². The number of hydrogen-bond acceptors (Lipinski definition) is 4. The second kappa shape index (κ2) is 5.96. The Morgan fingerprint density at radius 3 is 2.62 bits per heavy atom. The Labute approximate surface area is 138 Å². The lowest BCUT2D eigenvalue weighted by Gasteiger charge is -2.10. The molecule has 0 aliphatic rings. The summed E-state index contributed by atoms with van der Waals surface area (Å²) in [7, 11) is -3.86. The average molecular weight is 411 g/mol. The first kappa shape index (κ1) is 16.3. The topological polar surface area (TPSA) is 83.5 Å². The predicted molar refractivity (Wildman–Crippen MR) is 86.0 cm³/mol. The SMILES string of the molecule is Cc1cc(Br)c(NS(=O)(=O)c2cc(C(=O)O)cs2)cc1Cl. The summed E-state index contributed by atoms with van der Waals surface area (Å²) in [6, 6.07) is 4.29. The Bertz CT molecular complexity index is 817. The van der Waals surface area contributed by atoms with Crippen molar-refractivity contribution in [1.82, 2.24) is 0 Å². The minimum absolute atomic E-state index is 0.0682. The van der Waals surface area contributed by atoms with Gasteiger partial charge in [-0.3, -0.25) is 4.72 Å². The Kier molecular flexibility index (Phi) is 4.62. The van der Waals surface area contributed by atoms with Gasteiger partial charge in [-0.05, 0) is 46.6 Å². The van der Waals surface area contributed by atoms with Crippen LogP contribution in [-0.4, -0.2) is 19.5 Å². The first-order chi connectivity index (χ1) is 9.70. The molecule has 2 N–H and O–H groups in total. The van der Waals surface area contributed by atoms with Gasteiger partial charge in [0.15, 0.2) is 0 Å². The monoisotopic (exact) mass is 409 g/mol. The highest BCUT2D eigenvalue weighted by Gasteiger charge is 2.20. The second-order valence-electron chi connectivity index (χ2n) is 4.15. The van der Waals surface area contributed by atoms with Crippen LogP contribution < -0.4 is 4.72 Å². The molecule has 0 fully saturated rings. The lowest BCUT2D eigenvalue weighted by Crippen LogP contribution is -2.12. The van der Waals surface area contributed by atoms with Gasteiger partial charge < -0.3 is 5.11 Å². The summed E-state index contributed by atoms with van der Waals surface area (Å²) < 4.78 is 27.3. The second-order valence-corrected chi connectivity index (χ2v) is 8.23. The van der Waals surface area contributed by atoms with Crippen LogP contribution in [0, 0.1) is 6.92 Å². The molecule has 0 aliphatic heterocycles. The molecule has 21 heavy (non-hydrogen) atoms. The average Bonchev–Trinajstić information content (AvgIpc) is 2.86. The minimum atomic E-state index is -3.86. The number of nitrogens with one attached hydrogen (secondary N) is 1. The highest BCUT2D eigenvalue weighted by molar-refractivity contribution is 9.10. The lowest BCUT2D eigenvalue weighted by molar-refractivity contribution is 0.0697. The zero-order chi connectivity index (χ0) is 15.8. The molecule has 0 saturated carbocycles. The number of aryl methyl sites for hydroxylation is 1. The zero-order valence-corrected chi connectivity index (χ0v) is 14.5. The predicted octanol–water partition coefficient (Wildman–Crippen LogP) is 3.97. The number of thiophene rings is 1. The summed E-state index contributed by atoms with van der Waals surface area (Å²) in [5.41, 5.74) is 1.02. The highest BCUT2D eigenvalue weighted by Crippen LogP contribution is 2.31. The molecular formula is C12H9BrClNO4S2. The number of aromatic carboxylic acids is 1. The van der Waals surface area contributed by atoms with Crippen molar-refractivity contribution in [3.8, 4) is 0 Å². The molecule has 5 nitrogen and oxygen atoms in total. The van der Waals surface area contributed by atoms with Gasteiger partial charge in [0.2, 0.25) is 0 Å². The molecule has 0 saturated heterocycles. The Morgan fingerprint density at radius 1 is 1.38 bits per heavy atom. The van der Waals surface area contributed by atoms with E-state index in [0.717, 1.165) is 23.0 Å². The zero-order valence-electron chi connectivity index (χ0n) is 10.6. The molecule has 1 heterocycles. The highest BCUT2D eigenvalue weighted by atomic mass is 79.9. The van der Waals surface area contributed by atoms with Gasteiger partial charge in [-0.15, -0.1) is 11.3 Å². The quantitative estimate of drug-likeness (QED) is 0.799. The van der Waals surface area contributed by atoms with E-state index in [1.54, 1.807) is 13.0 Å². The van der Waals surface area contributed by atoms with Crippen LogP contribution in [-0.2, 0) is 10.0 Å². The molecule has 9 heteroatoms. The largest absolute Gasteiger partial charge is 0.478 e. The first-order valence-electron chi connectivity index (χ1n) is 5.51. The van der Waals surface area contributed by atoms with Crippen LogP contribution >= 0.6 is 38.9 Å². The van der Waals surface area contributed by atoms with Crippen LogP contribution in [0.4, 0.5) is 5.69 Å². The maximum Gasteiger partial charge on any atom is 0.336 e. The molecule has 0 amide bonds. The number of anilines is 1. The van der Waals surface area contributed by atoms with E-state index in [0.29, 0.717) is 9.50 Å². The summed E-state index contributed by atoms with van der Waals surface area (Å²) in [5, 5.41) is 10.5. The standard InChI is InChI=1S/C12H9BrClNO4S2/c1-6-2-8(13)10(4-9(6)14)15-21(18,19)11-3-7(5-20-11)12(16)17/h2-5,15H,1H3,(H,16,17). The molecule has 0 bridgehead atoms.